The van der Waals surface area contributed by atoms with Crippen molar-refractivity contribution in [2.24, 2.45) is 5.73 Å². The summed E-state index contributed by atoms with van der Waals surface area (Å²) in [7, 11) is 0. The average molecular weight is 304 g/mol. The average Bonchev–Trinajstić information content (AvgIpc) is 2.58. The zero-order chi connectivity index (χ0) is 16.1. The molecule has 0 aliphatic carbocycles. The summed E-state index contributed by atoms with van der Waals surface area (Å²) in [6, 6.07) is 24.2. The Balaban J connectivity index is 1.74. The van der Waals surface area contributed by atoms with Crippen LogP contribution in [0.4, 0.5) is 11.4 Å². The standard InChI is InChI=1S/C19H16N2O2/c20-19(22)17-8-4-5-9-18(17)21-14-10-12-16(13-11-14)23-15-6-2-1-3-7-15/h1-13,21H,(H2,20,22). The van der Waals surface area contributed by atoms with Gasteiger partial charge < -0.3 is 15.8 Å². The van der Waals surface area contributed by atoms with Crippen LogP contribution in [0.2, 0.25) is 0 Å². The Kier molecular flexibility index (Phi) is 4.25. The third kappa shape index (κ3) is 3.68. The summed E-state index contributed by atoms with van der Waals surface area (Å²) in [6.07, 6.45) is 0. The Bertz CT molecular complexity index is 799. The highest BCUT2D eigenvalue weighted by Gasteiger charge is 2.07. The van der Waals surface area contributed by atoms with Crippen LogP contribution in [-0.2, 0) is 0 Å². The van der Waals surface area contributed by atoms with E-state index in [-0.39, 0.29) is 0 Å². The number of hydrogen-bond donors (Lipinski definition) is 2. The molecule has 0 radical (unpaired) electrons. The lowest BCUT2D eigenvalue weighted by Gasteiger charge is -2.11. The van der Waals surface area contributed by atoms with Crippen LogP contribution in [0.5, 0.6) is 11.5 Å². The van der Waals surface area contributed by atoms with Crippen LogP contribution in [0.25, 0.3) is 0 Å². The van der Waals surface area contributed by atoms with Crippen molar-refractivity contribution in [3.05, 3.63) is 84.4 Å². The van der Waals surface area contributed by atoms with Gasteiger partial charge in [-0.2, -0.15) is 0 Å². The van der Waals surface area contributed by atoms with Gasteiger partial charge in [-0.05, 0) is 48.5 Å². The molecular weight excluding hydrogens is 288 g/mol. The quantitative estimate of drug-likeness (QED) is 0.737. The first-order valence-electron chi connectivity index (χ1n) is 7.21. The molecule has 0 fully saturated rings. The van der Waals surface area contributed by atoms with E-state index >= 15 is 0 Å². The van der Waals surface area contributed by atoms with Gasteiger partial charge in [0.2, 0.25) is 0 Å². The number of nitrogens with one attached hydrogen (secondary N) is 1. The van der Waals surface area contributed by atoms with Gasteiger partial charge in [-0.25, -0.2) is 0 Å². The Morgan fingerprint density at radius 1 is 0.783 bits per heavy atom. The van der Waals surface area contributed by atoms with Gasteiger partial charge in [-0.15, -0.1) is 0 Å². The molecule has 1 amide bonds. The molecule has 23 heavy (non-hydrogen) atoms. The minimum atomic E-state index is -0.461. The molecule has 114 valence electrons. The summed E-state index contributed by atoms with van der Waals surface area (Å²) in [5, 5.41) is 3.19. The highest BCUT2D eigenvalue weighted by molar-refractivity contribution is 5.99. The van der Waals surface area contributed by atoms with Crippen LogP contribution in [-0.4, -0.2) is 5.91 Å². The predicted octanol–water partition coefficient (Wildman–Crippen LogP) is 4.32. The molecule has 3 aromatic rings. The minimum absolute atomic E-state index is 0.456. The number of hydrogen-bond acceptors (Lipinski definition) is 3. The number of primary amides is 1. The van der Waals surface area contributed by atoms with Gasteiger partial charge in [0.1, 0.15) is 11.5 Å². The summed E-state index contributed by atoms with van der Waals surface area (Å²) >= 11 is 0. The minimum Gasteiger partial charge on any atom is -0.457 e. The summed E-state index contributed by atoms with van der Waals surface area (Å²) in [6.45, 7) is 0. The van der Waals surface area contributed by atoms with Gasteiger partial charge in [0, 0.05) is 5.69 Å². The second-order valence-corrected chi connectivity index (χ2v) is 4.97. The highest BCUT2D eigenvalue weighted by Crippen LogP contribution is 2.25. The molecule has 3 aromatic carbocycles. The first-order chi connectivity index (χ1) is 11.2. The van der Waals surface area contributed by atoms with E-state index in [2.05, 4.69) is 5.32 Å². The lowest BCUT2D eigenvalue weighted by atomic mass is 10.1. The molecule has 0 aliphatic heterocycles. The monoisotopic (exact) mass is 304 g/mol. The van der Waals surface area contributed by atoms with E-state index < -0.39 is 5.91 Å². The van der Waals surface area contributed by atoms with E-state index in [0.717, 1.165) is 17.2 Å². The molecule has 0 saturated heterocycles. The van der Waals surface area contributed by atoms with Gasteiger partial charge in [0.05, 0.1) is 11.3 Å². The second kappa shape index (κ2) is 6.66. The van der Waals surface area contributed by atoms with Gasteiger partial charge in [0.25, 0.3) is 5.91 Å². The van der Waals surface area contributed by atoms with Gasteiger partial charge >= 0.3 is 0 Å². The normalized spacial score (nSPS) is 10.1. The molecule has 0 heterocycles. The second-order valence-electron chi connectivity index (χ2n) is 4.97. The molecule has 0 aromatic heterocycles. The smallest absolute Gasteiger partial charge is 0.250 e. The topological polar surface area (TPSA) is 64.4 Å². The van der Waals surface area contributed by atoms with Crippen molar-refractivity contribution in [1.29, 1.82) is 0 Å². The Labute approximate surface area is 134 Å². The van der Waals surface area contributed by atoms with Crippen molar-refractivity contribution in [1.82, 2.24) is 0 Å². The fourth-order valence-corrected chi connectivity index (χ4v) is 2.19. The van der Waals surface area contributed by atoms with Crippen molar-refractivity contribution >= 4 is 17.3 Å². The molecule has 0 bridgehead atoms. The number of amides is 1. The number of para-hydroxylation sites is 2. The maximum atomic E-state index is 11.4. The fourth-order valence-electron chi connectivity index (χ4n) is 2.19. The summed E-state index contributed by atoms with van der Waals surface area (Å²) in [5.41, 5.74) is 7.36. The van der Waals surface area contributed by atoms with E-state index in [4.69, 9.17) is 10.5 Å². The molecular formula is C19H16N2O2. The van der Waals surface area contributed by atoms with Gasteiger partial charge in [-0.1, -0.05) is 30.3 Å². The van der Waals surface area contributed by atoms with E-state index in [1.54, 1.807) is 12.1 Å². The first-order valence-corrected chi connectivity index (χ1v) is 7.21. The Morgan fingerprint density at radius 2 is 1.39 bits per heavy atom. The summed E-state index contributed by atoms with van der Waals surface area (Å²) < 4.78 is 5.74. The lowest BCUT2D eigenvalue weighted by Crippen LogP contribution is -2.13. The van der Waals surface area contributed by atoms with Crippen molar-refractivity contribution in [2.45, 2.75) is 0 Å². The number of ether oxygens (including phenoxy) is 1. The third-order valence-electron chi connectivity index (χ3n) is 3.30. The summed E-state index contributed by atoms with van der Waals surface area (Å²) in [5.74, 6) is 1.06. The van der Waals surface area contributed by atoms with E-state index in [1.165, 1.54) is 0 Å². The molecule has 0 saturated carbocycles. The van der Waals surface area contributed by atoms with Crippen LogP contribution in [0.3, 0.4) is 0 Å². The molecule has 4 heteroatoms. The van der Waals surface area contributed by atoms with Crippen LogP contribution in [0.1, 0.15) is 10.4 Å². The zero-order valence-electron chi connectivity index (χ0n) is 12.4. The maximum Gasteiger partial charge on any atom is 0.250 e. The molecule has 4 nitrogen and oxygen atoms in total. The Morgan fingerprint density at radius 3 is 2.09 bits per heavy atom. The number of anilines is 2. The van der Waals surface area contributed by atoms with Crippen molar-refractivity contribution in [2.75, 3.05) is 5.32 Å². The van der Waals surface area contributed by atoms with Crippen molar-refractivity contribution < 1.29 is 9.53 Å². The molecule has 0 aliphatic rings. The highest BCUT2D eigenvalue weighted by atomic mass is 16.5. The Hall–Kier alpha value is -3.27. The molecule has 3 rings (SSSR count). The van der Waals surface area contributed by atoms with E-state index in [1.807, 2.05) is 66.7 Å². The van der Waals surface area contributed by atoms with Crippen LogP contribution >= 0.6 is 0 Å². The molecule has 0 spiro atoms. The number of carbonyl (C=O) groups is 1. The first kappa shape index (κ1) is 14.7. The molecule has 3 N–H and O–H groups in total. The van der Waals surface area contributed by atoms with Gasteiger partial charge in [0.15, 0.2) is 0 Å². The molecule has 0 unspecified atom stereocenters. The van der Waals surface area contributed by atoms with Crippen LogP contribution < -0.4 is 15.8 Å². The molecule has 0 atom stereocenters. The third-order valence-corrected chi connectivity index (χ3v) is 3.30. The van der Waals surface area contributed by atoms with Crippen molar-refractivity contribution in [3.8, 4) is 11.5 Å². The number of benzene rings is 3. The number of nitrogens with two attached hydrogens (primary N) is 1. The van der Waals surface area contributed by atoms with Crippen LogP contribution in [0, 0.1) is 0 Å². The number of rotatable bonds is 5. The van der Waals surface area contributed by atoms with Crippen LogP contribution in [0.15, 0.2) is 78.9 Å². The lowest BCUT2D eigenvalue weighted by molar-refractivity contribution is 0.100. The fraction of sp³-hybridized carbons (Fsp3) is 0. The largest absolute Gasteiger partial charge is 0.457 e. The number of carbonyl (C=O) groups excluding carboxylic acids is 1. The summed E-state index contributed by atoms with van der Waals surface area (Å²) in [4.78, 5) is 11.4. The predicted molar refractivity (Wildman–Crippen MR) is 91.2 cm³/mol. The zero-order valence-corrected chi connectivity index (χ0v) is 12.4. The maximum absolute atomic E-state index is 11.4. The van der Waals surface area contributed by atoms with E-state index in [9.17, 15) is 4.79 Å². The van der Waals surface area contributed by atoms with Gasteiger partial charge in [-0.3, -0.25) is 4.79 Å². The van der Waals surface area contributed by atoms with Crippen molar-refractivity contribution in [3.63, 3.8) is 0 Å². The van der Waals surface area contributed by atoms with E-state index in [0.29, 0.717) is 11.3 Å². The SMILES string of the molecule is NC(=O)c1ccccc1Nc1ccc(Oc2ccccc2)cc1.